The number of carboxylic acid groups (broad SMARTS) is 1. The molecule has 3 amide bonds. The molecule has 0 bridgehead atoms. The zero-order valence-corrected chi connectivity index (χ0v) is 6.50. The summed E-state index contributed by atoms with van der Waals surface area (Å²) in [5, 5.41) is 9.03. The number of nitrogens with two attached hydrogens (primary N) is 1. The van der Waals surface area contributed by atoms with E-state index in [2.05, 4.69) is 11.8 Å². The number of primary amides is 1. The van der Waals surface area contributed by atoms with Crippen LogP contribution in [0.3, 0.4) is 0 Å². The van der Waals surface area contributed by atoms with Gasteiger partial charge in [0.05, 0.1) is 0 Å². The second-order valence-corrected chi connectivity index (χ2v) is 1.77. The molecule has 0 aromatic carbocycles. The highest BCUT2D eigenvalue weighted by atomic mass is 16.4. The first kappa shape index (κ1) is 10.1. The Kier molecular flexibility index (Phi) is 4.08. The summed E-state index contributed by atoms with van der Waals surface area (Å²) in [6, 6.07) is -0.935. The number of nitrogens with zero attached hydrogens (tertiary/aromatic N) is 1. The third-order valence-corrected chi connectivity index (χ3v) is 0.890. The number of hydrogen-bond acceptors (Lipinski definition) is 2. The standard InChI is InChI=1S/C6H9N3O3/c1-2-3-4-9(6(11)12)8-5(7)10/h4H2,1H3,(H,11,12)(H3,7,8,10). The molecule has 0 aromatic rings. The molecule has 0 aliphatic rings. The van der Waals surface area contributed by atoms with Crippen LogP contribution in [0.5, 0.6) is 0 Å². The van der Waals surface area contributed by atoms with Crippen molar-refractivity contribution in [2.24, 2.45) is 5.73 Å². The van der Waals surface area contributed by atoms with E-state index in [-0.39, 0.29) is 6.54 Å². The summed E-state index contributed by atoms with van der Waals surface area (Å²) in [4.78, 5) is 20.6. The molecule has 4 N–H and O–H groups in total. The number of carbonyl (C=O) groups excluding carboxylic acids is 1. The van der Waals surface area contributed by atoms with E-state index in [9.17, 15) is 9.59 Å². The van der Waals surface area contributed by atoms with Crippen molar-refractivity contribution >= 4 is 12.1 Å². The maximum Gasteiger partial charge on any atom is 0.427 e. The number of amides is 3. The lowest BCUT2D eigenvalue weighted by atomic mass is 10.6. The molecule has 0 heterocycles. The van der Waals surface area contributed by atoms with Crippen molar-refractivity contribution < 1.29 is 14.7 Å². The quantitative estimate of drug-likeness (QED) is 0.369. The minimum absolute atomic E-state index is 0.102. The third kappa shape index (κ3) is 4.00. The average molecular weight is 171 g/mol. The maximum atomic E-state index is 10.3. The highest BCUT2D eigenvalue weighted by Crippen LogP contribution is 1.81. The predicted molar refractivity (Wildman–Crippen MR) is 40.9 cm³/mol. The Balaban J connectivity index is 4.10. The highest BCUT2D eigenvalue weighted by Gasteiger charge is 2.10. The second kappa shape index (κ2) is 4.85. The van der Waals surface area contributed by atoms with Crippen LogP contribution in [-0.2, 0) is 0 Å². The Bertz CT molecular complexity index is 240. The lowest BCUT2D eigenvalue weighted by molar-refractivity contribution is 0.132. The van der Waals surface area contributed by atoms with Crippen molar-refractivity contribution in [3.05, 3.63) is 0 Å². The molecule has 0 rings (SSSR count). The van der Waals surface area contributed by atoms with Gasteiger partial charge >= 0.3 is 12.1 Å². The predicted octanol–water partition coefficient (Wildman–Crippen LogP) is -0.427. The van der Waals surface area contributed by atoms with E-state index in [1.165, 1.54) is 0 Å². The monoisotopic (exact) mass is 171 g/mol. The van der Waals surface area contributed by atoms with Gasteiger partial charge in [0.2, 0.25) is 0 Å². The number of hydrogen-bond donors (Lipinski definition) is 3. The minimum Gasteiger partial charge on any atom is -0.464 e. The molecule has 0 aromatic heterocycles. The van der Waals surface area contributed by atoms with Crippen LogP contribution in [0.25, 0.3) is 0 Å². The third-order valence-electron chi connectivity index (χ3n) is 0.890. The summed E-state index contributed by atoms with van der Waals surface area (Å²) >= 11 is 0. The first-order valence-electron chi connectivity index (χ1n) is 3.04. The summed E-state index contributed by atoms with van der Waals surface area (Å²) in [6.45, 7) is 1.46. The molecule has 0 aliphatic carbocycles. The number of hydrazine groups is 1. The van der Waals surface area contributed by atoms with Crippen molar-refractivity contribution in [1.29, 1.82) is 0 Å². The molecule has 0 saturated heterocycles. The van der Waals surface area contributed by atoms with Crippen LogP contribution in [-0.4, -0.2) is 28.8 Å². The molecule has 6 heteroatoms. The molecular formula is C6H9N3O3. The molecule has 12 heavy (non-hydrogen) atoms. The van der Waals surface area contributed by atoms with Crippen LogP contribution >= 0.6 is 0 Å². The Labute approximate surface area is 69.3 Å². The van der Waals surface area contributed by atoms with Crippen molar-refractivity contribution in [3.63, 3.8) is 0 Å². The van der Waals surface area contributed by atoms with Crippen LogP contribution in [0.15, 0.2) is 0 Å². The lowest BCUT2D eigenvalue weighted by Crippen LogP contribution is -2.48. The summed E-state index contributed by atoms with van der Waals surface area (Å²) in [7, 11) is 0. The van der Waals surface area contributed by atoms with Crippen molar-refractivity contribution in [2.45, 2.75) is 6.92 Å². The van der Waals surface area contributed by atoms with Gasteiger partial charge in [-0.3, -0.25) is 0 Å². The topological polar surface area (TPSA) is 95.7 Å². The number of nitrogens with one attached hydrogen (secondary N) is 1. The normalized spacial score (nSPS) is 7.75. The van der Waals surface area contributed by atoms with Gasteiger partial charge in [-0.05, 0) is 6.92 Å². The number of rotatable bonds is 1. The van der Waals surface area contributed by atoms with Gasteiger partial charge in [-0.15, -0.1) is 5.92 Å². The zero-order valence-electron chi connectivity index (χ0n) is 6.50. The molecule has 0 fully saturated rings. The zero-order chi connectivity index (χ0) is 9.56. The fourth-order valence-corrected chi connectivity index (χ4v) is 0.446. The molecule has 0 aliphatic heterocycles. The molecule has 0 unspecified atom stereocenters. The van der Waals surface area contributed by atoms with Crippen LogP contribution < -0.4 is 11.2 Å². The minimum atomic E-state index is -1.31. The van der Waals surface area contributed by atoms with Gasteiger partial charge in [0.15, 0.2) is 0 Å². The molecule has 66 valence electrons. The van der Waals surface area contributed by atoms with Gasteiger partial charge in [0, 0.05) is 0 Å². The molecule has 0 saturated carbocycles. The van der Waals surface area contributed by atoms with Crippen molar-refractivity contribution in [3.8, 4) is 11.8 Å². The fraction of sp³-hybridized carbons (Fsp3) is 0.333. The van der Waals surface area contributed by atoms with E-state index in [1.807, 2.05) is 5.43 Å². The van der Waals surface area contributed by atoms with Crippen molar-refractivity contribution in [1.82, 2.24) is 10.4 Å². The second-order valence-electron chi connectivity index (χ2n) is 1.77. The summed E-state index contributed by atoms with van der Waals surface area (Å²) < 4.78 is 0. The summed E-state index contributed by atoms with van der Waals surface area (Å²) in [5.74, 6) is 4.94. The molecule has 0 radical (unpaired) electrons. The Morgan fingerprint density at radius 3 is 2.58 bits per heavy atom. The van der Waals surface area contributed by atoms with E-state index >= 15 is 0 Å². The van der Waals surface area contributed by atoms with E-state index in [0.717, 1.165) is 0 Å². The van der Waals surface area contributed by atoms with Gasteiger partial charge in [0.25, 0.3) is 0 Å². The summed E-state index contributed by atoms with van der Waals surface area (Å²) in [6.07, 6.45) is -1.31. The molecule has 6 nitrogen and oxygen atoms in total. The highest BCUT2D eigenvalue weighted by molar-refractivity contribution is 5.75. The molecular weight excluding hydrogens is 162 g/mol. The smallest absolute Gasteiger partial charge is 0.427 e. The SMILES string of the molecule is CC#CCN(NC(N)=O)C(=O)O. The van der Waals surface area contributed by atoms with Gasteiger partial charge in [0.1, 0.15) is 6.54 Å². The van der Waals surface area contributed by atoms with Crippen LogP contribution in [0, 0.1) is 11.8 Å². The Hall–Kier alpha value is -1.90. The largest absolute Gasteiger partial charge is 0.464 e. The molecule has 0 spiro atoms. The van der Waals surface area contributed by atoms with Gasteiger partial charge in [-0.2, -0.15) is 0 Å². The average Bonchev–Trinajstić information content (AvgIpc) is 1.96. The maximum absolute atomic E-state index is 10.3. The summed E-state index contributed by atoms with van der Waals surface area (Å²) in [5.41, 5.74) is 6.58. The first-order chi connectivity index (χ1) is 5.57. The lowest BCUT2D eigenvalue weighted by Gasteiger charge is -2.14. The van der Waals surface area contributed by atoms with Crippen molar-refractivity contribution in [2.75, 3.05) is 6.54 Å². The van der Waals surface area contributed by atoms with Crippen LogP contribution in [0.1, 0.15) is 6.92 Å². The Morgan fingerprint density at radius 2 is 2.25 bits per heavy atom. The van der Waals surface area contributed by atoms with E-state index in [4.69, 9.17) is 10.8 Å². The first-order valence-corrected chi connectivity index (χ1v) is 3.04. The van der Waals surface area contributed by atoms with Gasteiger partial charge < -0.3 is 10.8 Å². The molecule has 0 atom stereocenters. The van der Waals surface area contributed by atoms with E-state index < -0.39 is 12.1 Å². The van der Waals surface area contributed by atoms with Gasteiger partial charge in [-0.1, -0.05) is 5.92 Å². The van der Waals surface area contributed by atoms with E-state index in [1.54, 1.807) is 6.92 Å². The Morgan fingerprint density at radius 1 is 1.67 bits per heavy atom. The van der Waals surface area contributed by atoms with E-state index in [0.29, 0.717) is 5.01 Å². The van der Waals surface area contributed by atoms with Crippen LogP contribution in [0.2, 0.25) is 0 Å². The number of urea groups is 1. The van der Waals surface area contributed by atoms with Gasteiger partial charge in [-0.25, -0.2) is 20.0 Å². The van der Waals surface area contributed by atoms with Crippen LogP contribution in [0.4, 0.5) is 9.59 Å². The number of carbonyl (C=O) groups is 2. The fourth-order valence-electron chi connectivity index (χ4n) is 0.446.